The number of hydrogen-bond acceptors (Lipinski definition) is 4. The van der Waals surface area contributed by atoms with Crippen LogP contribution < -0.4 is 4.74 Å². The van der Waals surface area contributed by atoms with Gasteiger partial charge < -0.3 is 14.6 Å². The van der Waals surface area contributed by atoms with Crippen LogP contribution in [0.1, 0.15) is 26.7 Å². The molecule has 3 heterocycles. The molecule has 6 nitrogen and oxygen atoms in total. The number of pyridine rings is 1. The predicted octanol–water partition coefficient (Wildman–Crippen LogP) is 5.97. The molecule has 2 aromatic heterocycles. The van der Waals surface area contributed by atoms with E-state index in [0.717, 1.165) is 35.0 Å². The lowest BCUT2D eigenvalue weighted by Gasteiger charge is -2.32. The van der Waals surface area contributed by atoms with Crippen LogP contribution >= 0.6 is 11.6 Å². The van der Waals surface area contributed by atoms with Crippen LogP contribution in [0.15, 0.2) is 60.7 Å². The third kappa shape index (κ3) is 4.64. The Morgan fingerprint density at radius 1 is 1.00 bits per heavy atom. The van der Waals surface area contributed by atoms with Gasteiger partial charge in [-0.05, 0) is 17.2 Å². The second-order valence-corrected chi connectivity index (χ2v) is 9.38. The molecule has 174 valence electrons. The maximum atomic E-state index is 12.2. The van der Waals surface area contributed by atoms with E-state index in [1.165, 1.54) is 0 Å². The van der Waals surface area contributed by atoms with Crippen molar-refractivity contribution in [3.8, 4) is 28.4 Å². The molecule has 1 aliphatic heterocycles. The quantitative estimate of drug-likeness (QED) is 0.386. The largest absolute Gasteiger partial charge is 0.461 e. The molecule has 0 radical (unpaired) electrons. The molecule has 1 amide bonds. The fourth-order valence-corrected chi connectivity index (χ4v) is 4.58. The molecular weight excluding hydrogens is 448 g/mol. The summed E-state index contributed by atoms with van der Waals surface area (Å²) in [4.78, 5) is 26.6. The average molecular weight is 475 g/mol. The third-order valence-corrected chi connectivity index (χ3v) is 6.48. The Kier molecular flexibility index (Phi) is 6.24. The highest BCUT2D eigenvalue weighted by Gasteiger charge is 2.26. The van der Waals surface area contributed by atoms with Crippen LogP contribution in [-0.2, 0) is 4.79 Å². The number of amides is 1. The molecule has 0 unspecified atom stereocenters. The molecule has 0 bridgehead atoms. The van der Waals surface area contributed by atoms with Gasteiger partial charge in [-0.1, -0.05) is 80.0 Å². The molecule has 0 spiro atoms. The molecule has 1 fully saturated rings. The number of rotatable bonds is 5. The van der Waals surface area contributed by atoms with Crippen molar-refractivity contribution in [3.05, 3.63) is 65.7 Å². The summed E-state index contributed by atoms with van der Waals surface area (Å²) in [5, 5.41) is 0.552. The van der Waals surface area contributed by atoms with Gasteiger partial charge in [0.05, 0.1) is 16.2 Å². The number of carbonyl (C=O) groups is 1. The fraction of sp³-hybridized carbons (Fsp3) is 0.296. The van der Waals surface area contributed by atoms with E-state index in [2.05, 4.69) is 34.2 Å². The van der Waals surface area contributed by atoms with Crippen LogP contribution in [0, 0.1) is 5.92 Å². The van der Waals surface area contributed by atoms with Crippen LogP contribution in [0.2, 0.25) is 5.02 Å². The van der Waals surface area contributed by atoms with Crippen molar-refractivity contribution in [1.29, 1.82) is 0 Å². The summed E-state index contributed by atoms with van der Waals surface area (Å²) < 4.78 is 6.09. The van der Waals surface area contributed by atoms with E-state index in [1.807, 2.05) is 55.1 Å². The van der Waals surface area contributed by atoms with E-state index >= 15 is 0 Å². The van der Waals surface area contributed by atoms with Gasteiger partial charge in [0.1, 0.15) is 6.10 Å². The van der Waals surface area contributed by atoms with Gasteiger partial charge in [-0.2, -0.15) is 4.98 Å². The minimum atomic E-state index is 0.0113. The number of ether oxygens (including phenoxy) is 1. The van der Waals surface area contributed by atoms with Crippen molar-refractivity contribution in [2.75, 3.05) is 13.1 Å². The maximum absolute atomic E-state index is 12.2. The normalized spacial score (nSPS) is 14.6. The monoisotopic (exact) mass is 474 g/mol. The zero-order chi connectivity index (χ0) is 23.7. The van der Waals surface area contributed by atoms with E-state index in [-0.39, 0.29) is 17.9 Å². The number of nitrogens with one attached hydrogen (secondary N) is 1. The van der Waals surface area contributed by atoms with E-state index in [9.17, 15) is 4.79 Å². The van der Waals surface area contributed by atoms with Crippen molar-refractivity contribution in [1.82, 2.24) is 19.9 Å². The number of likely N-dealkylation sites (tertiary alicyclic amines) is 1. The van der Waals surface area contributed by atoms with Gasteiger partial charge in [-0.25, -0.2) is 4.98 Å². The number of fused-ring (bicyclic) bond motifs is 1. The second-order valence-electron chi connectivity index (χ2n) is 8.97. The molecule has 0 saturated carbocycles. The standard InChI is InChI=1S/C27H27ClN4O2/c1-17(2)26(33)32-14-12-21(13-15-32)34-27-29-23-16-22(28)24(30-25(23)31-27)20-10-8-19(9-11-20)18-6-4-3-5-7-18/h3-11,16-17,21H,12-15H2,1-2H3,(H,29,30,31). The summed E-state index contributed by atoms with van der Waals surface area (Å²) in [6.07, 6.45) is 1.57. The summed E-state index contributed by atoms with van der Waals surface area (Å²) in [5.41, 5.74) is 5.22. The topological polar surface area (TPSA) is 71.1 Å². The Morgan fingerprint density at radius 2 is 1.65 bits per heavy atom. The minimum Gasteiger partial charge on any atom is -0.461 e. The lowest BCUT2D eigenvalue weighted by Crippen LogP contribution is -2.43. The average Bonchev–Trinajstić information content (AvgIpc) is 3.25. The SMILES string of the molecule is CC(C)C(=O)N1CCC(Oc2nc3nc(-c4ccc(-c5ccccc5)cc4)c(Cl)cc3[nH]2)CC1. The third-order valence-electron chi connectivity index (χ3n) is 6.20. The zero-order valence-electron chi connectivity index (χ0n) is 19.3. The molecule has 0 atom stereocenters. The first-order chi connectivity index (χ1) is 16.5. The Hall–Kier alpha value is -3.38. The highest BCUT2D eigenvalue weighted by atomic mass is 35.5. The number of hydrogen-bond donors (Lipinski definition) is 1. The smallest absolute Gasteiger partial charge is 0.296 e. The van der Waals surface area contributed by atoms with Gasteiger partial charge in [0.25, 0.3) is 6.01 Å². The first-order valence-corrected chi connectivity index (χ1v) is 12.0. The minimum absolute atomic E-state index is 0.0113. The second kappa shape index (κ2) is 9.47. The van der Waals surface area contributed by atoms with E-state index in [0.29, 0.717) is 35.5 Å². The number of nitrogens with zero attached hydrogens (tertiary/aromatic N) is 3. The van der Waals surface area contributed by atoms with E-state index in [1.54, 1.807) is 0 Å². The first kappa shape index (κ1) is 22.4. The number of carbonyl (C=O) groups excluding carboxylic acids is 1. The molecule has 1 N–H and O–H groups in total. The van der Waals surface area contributed by atoms with Crippen molar-refractivity contribution < 1.29 is 9.53 Å². The summed E-state index contributed by atoms with van der Waals surface area (Å²) in [6.45, 7) is 5.27. The van der Waals surface area contributed by atoms with Crippen LogP contribution in [-0.4, -0.2) is 45.0 Å². The number of piperidine rings is 1. The van der Waals surface area contributed by atoms with Crippen molar-refractivity contribution in [3.63, 3.8) is 0 Å². The van der Waals surface area contributed by atoms with Gasteiger partial charge in [0, 0.05) is 37.4 Å². The molecule has 4 aromatic rings. The number of imidazole rings is 1. The maximum Gasteiger partial charge on any atom is 0.296 e. The number of aromatic amines is 1. The molecule has 5 rings (SSSR count). The highest BCUT2D eigenvalue weighted by Crippen LogP contribution is 2.31. The molecular formula is C27H27ClN4O2. The molecule has 34 heavy (non-hydrogen) atoms. The zero-order valence-corrected chi connectivity index (χ0v) is 20.0. The van der Waals surface area contributed by atoms with Crippen LogP contribution in [0.3, 0.4) is 0 Å². The molecule has 2 aromatic carbocycles. The fourth-order valence-electron chi connectivity index (χ4n) is 4.32. The Morgan fingerprint density at radius 3 is 2.32 bits per heavy atom. The number of aromatic nitrogens is 3. The summed E-state index contributed by atoms with van der Waals surface area (Å²) in [6, 6.07) is 20.7. The predicted molar refractivity (Wildman–Crippen MR) is 135 cm³/mol. The van der Waals surface area contributed by atoms with E-state index in [4.69, 9.17) is 21.3 Å². The van der Waals surface area contributed by atoms with E-state index < -0.39 is 0 Å². The lowest BCUT2D eigenvalue weighted by atomic mass is 10.0. The Labute approximate surface area is 203 Å². The van der Waals surface area contributed by atoms with Crippen LogP contribution in [0.25, 0.3) is 33.5 Å². The first-order valence-electron chi connectivity index (χ1n) is 11.7. The number of H-pyrrole nitrogens is 1. The number of halogens is 1. The van der Waals surface area contributed by atoms with Crippen molar-refractivity contribution in [2.45, 2.75) is 32.8 Å². The molecule has 1 aliphatic rings. The summed E-state index contributed by atoms with van der Waals surface area (Å²) in [7, 11) is 0. The van der Waals surface area contributed by atoms with Gasteiger partial charge in [0.15, 0.2) is 5.65 Å². The van der Waals surface area contributed by atoms with Crippen LogP contribution in [0.5, 0.6) is 6.01 Å². The summed E-state index contributed by atoms with van der Waals surface area (Å²) >= 11 is 6.58. The van der Waals surface area contributed by atoms with Gasteiger partial charge in [-0.15, -0.1) is 0 Å². The van der Waals surface area contributed by atoms with Gasteiger partial charge in [0.2, 0.25) is 5.91 Å². The summed E-state index contributed by atoms with van der Waals surface area (Å²) in [5.74, 6) is 0.220. The van der Waals surface area contributed by atoms with Crippen LogP contribution in [0.4, 0.5) is 0 Å². The lowest BCUT2D eigenvalue weighted by molar-refractivity contribution is -0.136. The molecule has 1 saturated heterocycles. The van der Waals surface area contributed by atoms with Gasteiger partial charge >= 0.3 is 0 Å². The molecule has 7 heteroatoms. The highest BCUT2D eigenvalue weighted by molar-refractivity contribution is 6.33. The van der Waals surface area contributed by atoms with Crippen molar-refractivity contribution in [2.24, 2.45) is 5.92 Å². The van der Waals surface area contributed by atoms with Gasteiger partial charge in [-0.3, -0.25) is 4.79 Å². The Bertz CT molecular complexity index is 1290. The number of benzene rings is 2. The Balaban J connectivity index is 1.31. The van der Waals surface area contributed by atoms with Crippen molar-refractivity contribution >= 4 is 28.7 Å². The molecule has 0 aliphatic carbocycles.